The van der Waals surface area contributed by atoms with Crippen molar-refractivity contribution in [1.29, 1.82) is 0 Å². The van der Waals surface area contributed by atoms with Gasteiger partial charge in [-0.15, -0.1) is 0 Å². The maximum absolute atomic E-state index is 13.8. The number of hydrogen-bond acceptors (Lipinski definition) is 3. The van der Waals surface area contributed by atoms with Crippen molar-refractivity contribution < 1.29 is 18.3 Å². The SMILES string of the molecule is CCOC(=O)c1cn(C2CC2)c2cc(F)c(F)c(Br)c2c1=O. The number of benzene rings is 1. The number of hydrogen-bond donors (Lipinski definition) is 0. The first-order valence-corrected chi connectivity index (χ1v) is 7.64. The van der Waals surface area contributed by atoms with Gasteiger partial charge in [-0.25, -0.2) is 13.6 Å². The third-order valence-electron chi connectivity index (χ3n) is 3.60. The monoisotopic (exact) mass is 371 g/mol. The molecule has 1 aliphatic rings. The standard InChI is InChI=1S/C15H12BrF2NO3/c1-2-22-15(21)8-6-19(7-3-4-7)10-5-9(17)13(18)12(16)11(10)14(8)20/h5-7H,2-4H2,1H3. The molecule has 2 aromatic rings. The van der Waals surface area contributed by atoms with Crippen molar-refractivity contribution in [2.24, 2.45) is 0 Å². The second kappa shape index (κ2) is 5.46. The summed E-state index contributed by atoms with van der Waals surface area (Å²) in [6.45, 7) is 1.75. The van der Waals surface area contributed by atoms with E-state index in [1.54, 1.807) is 11.5 Å². The van der Waals surface area contributed by atoms with Gasteiger partial charge in [-0.2, -0.15) is 0 Å². The van der Waals surface area contributed by atoms with Gasteiger partial charge in [-0.1, -0.05) is 0 Å². The molecule has 0 aliphatic heterocycles. The fourth-order valence-electron chi connectivity index (χ4n) is 2.41. The van der Waals surface area contributed by atoms with Gasteiger partial charge in [-0.05, 0) is 35.7 Å². The smallest absolute Gasteiger partial charge is 0.343 e. The first-order chi connectivity index (χ1) is 10.5. The van der Waals surface area contributed by atoms with Crippen LogP contribution in [-0.4, -0.2) is 17.1 Å². The van der Waals surface area contributed by atoms with Crippen LogP contribution in [0.3, 0.4) is 0 Å². The van der Waals surface area contributed by atoms with E-state index in [0.29, 0.717) is 0 Å². The quantitative estimate of drug-likeness (QED) is 0.612. The van der Waals surface area contributed by atoms with Gasteiger partial charge in [0.15, 0.2) is 11.6 Å². The predicted molar refractivity (Wildman–Crippen MR) is 80.1 cm³/mol. The number of ether oxygens (including phenoxy) is 1. The number of fused-ring (bicyclic) bond motifs is 1. The molecule has 0 spiro atoms. The third kappa shape index (κ3) is 2.33. The van der Waals surface area contributed by atoms with Crippen molar-refractivity contribution in [3.63, 3.8) is 0 Å². The van der Waals surface area contributed by atoms with E-state index in [0.717, 1.165) is 18.9 Å². The molecule has 1 aromatic carbocycles. The molecule has 1 saturated carbocycles. The Morgan fingerprint density at radius 1 is 1.45 bits per heavy atom. The van der Waals surface area contributed by atoms with Crippen LogP contribution in [0.5, 0.6) is 0 Å². The van der Waals surface area contributed by atoms with Gasteiger partial charge in [0.2, 0.25) is 5.43 Å². The summed E-state index contributed by atoms with van der Waals surface area (Å²) in [7, 11) is 0. The Kier molecular flexibility index (Phi) is 3.76. The largest absolute Gasteiger partial charge is 0.462 e. The lowest BCUT2D eigenvalue weighted by atomic mass is 10.1. The van der Waals surface area contributed by atoms with E-state index in [9.17, 15) is 18.4 Å². The summed E-state index contributed by atoms with van der Waals surface area (Å²) >= 11 is 2.93. The van der Waals surface area contributed by atoms with Crippen molar-refractivity contribution in [3.05, 3.63) is 44.2 Å². The zero-order valence-electron chi connectivity index (χ0n) is 11.7. The molecular formula is C15H12BrF2NO3. The summed E-state index contributed by atoms with van der Waals surface area (Å²) in [4.78, 5) is 24.4. The Morgan fingerprint density at radius 3 is 2.73 bits per heavy atom. The summed E-state index contributed by atoms with van der Waals surface area (Å²) in [6, 6.07) is 1.07. The van der Waals surface area contributed by atoms with Crippen LogP contribution in [0.25, 0.3) is 10.9 Å². The topological polar surface area (TPSA) is 48.3 Å². The maximum atomic E-state index is 13.8. The summed E-state index contributed by atoms with van der Waals surface area (Å²) < 4.78 is 33.7. The number of aromatic nitrogens is 1. The molecule has 0 amide bonds. The van der Waals surface area contributed by atoms with E-state index in [2.05, 4.69) is 15.9 Å². The van der Waals surface area contributed by atoms with Gasteiger partial charge in [-0.3, -0.25) is 4.79 Å². The molecule has 0 atom stereocenters. The molecule has 3 rings (SSSR count). The van der Waals surface area contributed by atoms with Crippen LogP contribution in [0, 0.1) is 11.6 Å². The van der Waals surface area contributed by atoms with Crippen molar-refractivity contribution in [2.75, 3.05) is 6.61 Å². The number of rotatable bonds is 3. The van der Waals surface area contributed by atoms with Crippen LogP contribution in [0.1, 0.15) is 36.2 Å². The van der Waals surface area contributed by atoms with Crippen molar-refractivity contribution in [1.82, 2.24) is 4.57 Å². The van der Waals surface area contributed by atoms with Crippen molar-refractivity contribution in [2.45, 2.75) is 25.8 Å². The van der Waals surface area contributed by atoms with Crippen LogP contribution >= 0.6 is 15.9 Å². The van der Waals surface area contributed by atoms with Crippen molar-refractivity contribution >= 4 is 32.8 Å². The predicted octanol–water partition coefficient (Wildman–Crippen LogP) is 3.55. The number of carbonyl (C=O) groups excluding carboxylic acids is 1. The van der Waals surface area contributed by atoms with E-state index in [1.165, 1.54) is 6.20 Å². The maximum Gasteiger partial charge on any atom is 0.343 e. The first-order valence-electron chi connectivity index (χ1n) is 6.85. The molecule has 0 radical (unpaired) electrons. The van der Waals surface area contributed by atoms with Crippen LogP contribution in [0.15, 0.2) is 21.5 Å². The first kappa shape index (κ1) is 15.1. The van der Waals surface area contributed by atoms with Gasteiger partial charge in [0.05, 0.1) is 22.0 Å². The van der Waals surface area contributed by atoms with Gasteiger partial charge in [0, 0.05) is 18.3 Å². The number of pyridine rings is 1. The number of halogens is 3. The lowest BCUT2D eigenvalue weighted by Crippen LogP contribution is -2.21. The normalized spacial score (nSPS) is 14.4. The second-order valence-corrected chi connectivity index (χ2v) is 5.90. The summed E-state index contributed by atoms with van der Waals surface area (Å²) in [5, 5.41) is -0.0450. The summed E-state index contributed by atoms with van der Waals surface area (Å²) in [6.07, 6.45) is 3.10. The Bertz CT molecular complexity index is 843. The van der Waals surface area contributed by atoms with Crippen molar-refractivity contribution in [3.8, 4) is 0 Å². The number of nitrogens with zero attached hydrogens (tertiary/aromatic N) is 1. The lowest BCUT2D eigenvalue weighted by molar-refractivity contribution is 0.0524. The minimum Gasteiger partial charge on any atom is -0.462 e. The van der Waals surface area contributed by atoms with Gasteiger partial charge >= 0.3 is 5.97 Å². The fourth-order valence-corrected chi connectivity index (χ4v) is 2.99. The molecule has 1 fully saturated rings. The molecule has 0 saturated heterocycles. The molecule has 7 heteroatoms. The van der Waals surface area contributed by atoms with Gasteiger partial charge in [0.1, 0.15) is 5.56 Å². The Morgan fingerprint density at radius 2 is 2.14 bits per heavy atom. The molecule has 0 bridgehead atoms. The van der Waals surface area contributed by atoms with Crippen LogP contribution < -0.4 is 5.43 Å². The highest BCUT2D eigenvalue weighted by Gasteiger charge is 2.29. The van der Waals surface area contributed by atoms with E-state index in [1.807, 2.05) is 0 Å². The number of carbonyl (C=O) groups is 1. The fraction of sp³-hybridized carbons (Fsp3) is 0.333. The highest BCUT2D eigenvalue weighted by molar-refractivity contribution is 9.10. The lowest BCUT2D eigenvalue weighted by Gasteiger charge is -2.14. The van der Waals surface area contributed by atoms with Crippen LogP contribution in [0.2, 0.25) is 0 Å². The third-order valence-corrected chi connectivity index (χ3v) is 4.34. The van der Waals surface area contributed by atoms with Gasteiger partial charge in [0.25, 0.3) is 0 Å². The molecule has 4 nitrogen and oxygen atoms in total. The zero-order valence-corrected chi connectivity index (χ0v) is 13.2. The molecule has 0 unspecified atom stereocenters. The summed E-state index contributed by atoms with van der Waals surface area (Å²) in [5.41, 5.74) is -0.574. The average molecular weight is 372 g/mol. The Balaban J connectivity index is 2.39. The minimum atomic E-state index is -1.15. The minimum absolute atomic E-state index is 0.0450. The zero-order chi connectivity index (χ0) is 16.0. The highest BCUT2D eigenvalue weighted by atomic mass is 79.9. The van der Waals surface area contributed by atoms with E-state index >= 15 is 0 Å². The highest BCUT2D eigenvalue weighted by Crippen LogP contribution is 2.38. The molecule has 1 aromatic heterocycles. The van der Waals surface area contributed by atoms with E-state index < -0.39 is 23.0 Å². The molecule has 1 heterocycles. The molecule has 22 heavy (non-hydrogen) atoms. The van der Waals surface area contributed by atoms with E-state index in [4.69, 9.17) is 4.74 Å². The average Bonchev–Trinajstić information content (AvgIpc) is 3.29. The van der Waals surface area contributed by atoms with E-state index in [-0.39, 0.29) is 33.6 Å². The Labute approximate surface area is 132 Å². The molecule has 116 valence electrons. The Hall–Kier alpha value is -1.76. The van der Waals surface area contributed by atoms with Gasteiger partial charge < -0.3 is 9.30 Å². The molecular weight excluding hydrogens is 360 g/mol. The molecule has 0 N–H and O–H groups in total. The number of esters is 1. The second-order valence-electron chi connectivity index (χ2n) is 5.11. The van der Waals surface area contributed by atoms with Crippen LogP contribution in [-0.2, 0) is 4.74 Å². The molecule has 1 aliphatic carbocycles. The van der Waals surface area contributed by atoms with Crippen LogP contribution in [0.4, 0.5) is 8.78 Å². The summed E-state index contributed by atoms with van der Waals surface area (Å²) in [5.74, 6) is -2.95.